The number of hydrogen-bond acceptors (Lipinski definition) is 3. The van der Waals surface area contributed by atoms with Crippen LogP contribution in [-0.2, 0) is 11.2 Å². The summed E-state index contributed by atoms with van der Waals surface area (Å²) in [6.07, 6.45) is 0.767. The number of anilines is 1. The standard InChI is InChI=1S/C13H17NO2/c1-8(2)13(15)12-7-9-6-10(16-3)4-5-11(9)14-12/h4-6,8,12,14H,7H2,1-3H3. The second-order valence-corrected chi connectivity index (χ2v) is 4.48. The summed E-state index contributed by atoms with van der Waals surface area (Å²) in [5, 5.41) is 3.26. The fraction of sp³-hybridized carbons (Fsp3) is 0.462. The molecular formula is C13H17NO2. The van der Waals surface area contributed by atoms with Crippen molar-refractivity contribution in [2.24, 2.45) is 5.92 Å². The third-order valence-electron chi connectivity index (χ3n) is 2.98. The van der Waals surface area contributed by atoms with Crippen LogP contribution < -0.4 is 10.1 Å². The summed E-state index contributed by atoms with van der Waals surface area (Å²) in [5.74, 6) is 1.20. The number of nitrogens with one attached hydrogen (secondary N) is 1. The van der Waals surface area contributed by atoms with Crippen molar-refractivity contribution >= 4 is 11.5 Å². The second kappa shape index (κ2) is 4.16. The van der Waals surface area contributed by atoms with Crippen molar-refractivity contribution in [3.05, 3.63) is 23.8 Å². The molecule has 0 saturated carbocycles. The minimum Gasteiger partial charge on any atom is -0.497 e. The molecule has 0 aliphatic carbocycles. The van der Waals surface area contributed by atoms with Crippen LogP contribution in [0.3, 0.4) is 0 Å². The van der Waals surface area contributed by atoms with E-state index in [0.29, 0.717) is 0 Å². The molecule has 1 unspecified atom stereocenters. The van der Waals surface area contributed by atoms with Crippen LogP contribution in [0.4, 0.5) is 5.69 Å². The van der Waals surface area contributed by atoms with E-state index in [2.05, 4.69) is 5.32 Å². The quantitative estimate of drug-likeness (QED) is 0.847. The average molecular weight is 219 g/mol. The molecule has 86 valence electrons. The van der Waals surface area contributed by atoms with Crippen LogP contribution in [0.1, 0.15) is 19.4 Å². The van der Waals surface area contributed by atoms with E-state index in [1.807, 2.05) is 32.0 Å². The van der Waals surface area contributed by atoms with Gasteiger partial charge in [0.15, 0.2) is 5.78 Å². The SMILES string of the molecule is COc1ccc2c(c1)CC(C(=O)C(C)C)N2. The monoisotopic (exact) mass is 219 g/mol. The Morgan fingerprint density at radius 3 is 2.88 bits per heavy atom. The van der Waals surface area contributed by atoms with Gasteiger partial charge in [0.05, 0.1) is 13.2 Å². The normalized spacial score (nSPS) is 18.1. The van der Waals surface area contributed by atoms with Crippen LogP contribution in [0.25, 0.3) is 0 Å². The Labute approximate surface area is 95.8 Å². The molecule has 0 fully saturated rings. The highest BCUT2D eigenvalue weighted by atomic mass is 16.5. The van der Waals surface area contributed by atoms with Crippen molar-refractivity contribution in [2.45, 2.75) is 26.3 Å². The third-order valence-corrected chi connectivity index (χ3v) is 2.98. The summed E-state index contributed by atoms with van der Waals surface area (Å²) in [7, 11) is 1.65. The Kier molecular flexibility index (Phi) is 2.86. The van der Waals surface area contributed by atoms with Gasteiger partial charge in [-0.05, 0) is 23.8 Å². The zero-order valence-electron chi connectivity index (χ0n) is 9.91. The molecule has 0 spiro atoms. The van der Waals surface area contributed by atoms with Gasteiger partial charge in [0.25, 0.3) is 0 Å². The Morgan fingerprint density at radius 2 is 2.25 bits per heavy atom. The number of methoxy groups -OCH3 is 1. The number of carbonyl (C=O) groups excluding carboxylic acids is 1. The fourth-order valence-corrected chi connectivity index (χ4v) is 2.04. The lowest BCUT2D eigenvalue weighted by molar-refractivity contribution is -0.122. The predicted octanol–water partition coefficient (Wildman–Crippen LogP) is 2.26. The van der Waals surface area contributed by atoms with Crippen molar-refractivity contribution in [3.63, 3.8) is 0 Å². The fourth-order valence-electron chi connectivity index (χ4n) is 2.04. The van der Waals surface area contributed by atoms with Crippen molar-refractivity contribution < 1.29 is 9.53 Å². The van der Waals surface area contributed by atoms with Gasteiger partial charge in [0.2, 0.25) is 0 Å². The van der Waals surface area contributed by atoms with Crippen molar-refractivity contribution in [3.8, 4) is 5.75 Å². The maximum atomic E-state index is 11.9. The van der Waals surface area contributed by atoms with Crippen molar-refractivity contribution in [2.75, 3.05) is 12.4 Å². The van der Waals surface area contributed by atoms with Crippen molar-refractivity contribution in [1.29, 1.82) is 0 Å². The summed E-state index contributed by atoms with van der Waals surface area (Å²) in [6, 6.07) is 5.81. The van der Waals surface area contributed by atoms with Gasteiger partial charge in [-0.1, -0.05) is 13.8 Å². The molecule has 3 heteroatoms. The number of hydrogen-bond donors (Lipinski definition) is 1. The molecule has 2 rings (SSSR count). The van der Waals surface area contributed by atoms with Gasteiger partial charge < -0.3 is 10.1 Å². The Morgan fingerprint density at radius 1 is 1.50 bits per heavy atom. The summed E-state index contributed by atoms with van der Waals surface area (Å²) < 4.78 is 5.17. The van der Waals surface area contributed by atoms with E-state index in [9.17, 15) is 4.79 Å². The Bertz CT molecular complexity index is 412. The molecule has 1 N–H and O–H groups in total. The van der Waals surface area contributed by atoms with Crippen LogP contribution >= 0.6 is 0 Å². The summed E-state index contributed by atoms with van der Waals surface area (Å²) in [6.45, 7) is 3.88. The van der Waals surface area contributed by atoms with Crippen LogP contribution in [-0.4, -0.2) is 18.9 Å². The molecule has 3 nitrogen and oxygen atoms in total. The van der Waals surface area contributed by atoms with E-state index < -0.39 is 0 Å². The summed E-state index contributed by atoms with van der Waals surface area (Å²) in [5.41, 5.74) is 2.22. The van der Waals surface area contributed by atoms with Crippen LogP contribution in [0.5, 0.6) is 5.75 Å². The minimum atomic E-state index is -0.0675. The largest absolute Gasteiger partial charge is 0.497 e. The van der Waals surface area contributed by atoms with Gasteiger partial charge in [-0.25, -0.2) is 0 Å². The first kappa shape index (κ1) is 11.0. The first-order valence-electron chi connectivity index (χ1n) is 5.59. The van der Waals surface area contributed by atoms with Gasteiger partial charge in [-0.2, -0.15) is 0 Å². The van der Waals surface area contributed by atoms with Crippen LogP contribution in [0.2, 0.25) is 0 Å². The Hall–Kier alpha value is -1.51. The number of ether oxygens (including phenoxy) is 1. The Balaban J connectivity index is 2.18. The van der Waals surface area contributed by atoms with E-state index in [0.717, 1.165) is 17.9 Å². The van der Waals surface area contributed by atoms with Crippen LogP contribution in [0, 0.1) is 5.92 Å². The zero-order chi connectivity index (χ0) is 11.7. The summed E-state index contributed by atoms with van der Waals surface area (Å²) in [4.78, 5) is 11.9. The van der Waals surface area contributed by atoms with E-state index >= 15 is 0 Å². The first-order chi connectivity index (χ1) is 7.61. The lowest BCUT2D eigenvalue weighted by Crippen LogP contribution is -2.30. The average Bonchev–Trinajstić information content (AvgIpc) is 2.69. The maximum Gasteiger partial charge on any atom is 0.157 e. The maximum absolute atomic E-state index is 11.9. The second-order valence-electron chi connectivity index (χ2n) is 4.48. The number of ketones is 1. The van der Waals surface area contributed by atoms with E-state index in [4.69, 9.17) is 4.74 Å². The molecule has 0 saturated heterocycles. The number of carbonyl (C=O) groups is 1. The number of Topliss-reactive ketones (excluding diaryl/α,β-unsaturated/α-hetero) is 1. The molecule has 1 atom stereocenters. The topological polar surface area (TPSA) is 38.3 Å². The molecule has 1 aliphatic heterocycles. The lowest BCUT2D eigenvalue weighted by Gasteiger charge is -2.12. The molecule has 0 aromatic heterocycles. The number of fused-ring (bicyclic) bond motifs is 1. The number of rotatable bonds is 3. The molecule has 1 aromatic rings. The van der Waals surface area contributed by atoms with Gasteiger partial charge in [-0.15, -0.1) is 0 Å². The molecular weight excluding hydrogens is 202 g/mol. The van der Waals surface area contributed by atoms with Crippen molar-refractivity contribution in [1.82, 2.24) is 0 Å². The van der Waals surface area contributed by atoms with E-state index in [1.54, 1.807) is 7.11 Å². The van der Waals surface area contributed by atoms with Gasteiger partial charge in [0.1, 0.15) is 5.75 Å². The molecule has 1 heterocycles. The van der Waals surface area contributed by atoms with Gasteiger partial charge in [0, 0.05) is 18.0 Å². The summed E-state index contributed by atoms with van der Waals surface area (Å²) >= 11 is 0. The third kappa shape index (κ3) is 1.90. The van der Waals surface area contributed by atoms with E-state index in [-0.39, 0.29) is 17.7 Å². The molecule has 0 radical (unpaired) electrons. The van der Waals surface area contributed by atoms with Gasteiger partial charge >= 0.3 is 0 Å². The molecule has 1 aromatic carbocycles. The van der Waals surface area contributed by atoms with Crippen LogP contribution in [0.15, 0.2) is 18.2 Å². The molecule has 16 heavy (non-hydrogen) atoms. The predicted molar refractivity (Wildman–Crippen MR) is 64.0 cm³/mol. The smallest absolute Gasteiger partial charge is 0.157 e. The number of benzene rings is 1. The highest BCUT2D eigenvalue weighted by Gasteiger charge is 2.28. The van der Waals surface area contributed by atoms with E-state index in [1.165, 1.54) is 5.56 Å². The first-order valence-corrected chi connectivity index (χ1v) is 5.59. The zero-order valence-corrected chi connectivity index (χ0v) is 9.91. The molecule has 0 amide bonds. The highest BCUT2D eigenvalue weighted by Crippen LogP contribution is 2.30. The minimum absolute atomic E-state index is 0.0675. The van der Waals surface area contributed by atoms with Gasteiger partial charge in [-0.3, -0.25) is 4.79 Å². The lowest BCUT2D eigenvalue weighted by atomic mass is 9.99. The molecule has 0 bridgehead atoms. The molecule has 1 aliphatic rings. The highest BCUT2D eigenvalue weighted by molar-refractivity contribution is 5.90.